The lowest BCUT2D eigenvalue weighted by molar-refractivity contribution is 0.321. The molecule has 2 aromatic rings. The van der Waals surface area contributed by atoms with Gasteiger partial charge >= 0.3 is 0 Å². The fraction of sp³-hybridized carbons (Fsp3) is 0.250. The van der Waals surface area contributed by atoms with Crippen LogP contribution in [0.5, 0.6) is 5.75 Å². The third kappa shape index (κ3) is 3.71. The highest BCUT2D eigenvalue weighted by molar-refractivity contribution is 5.47. The maximum Gasteiger partial charge on any atom is 0.167 e. The van der Waals surface area contributed by atoms with E-state index in [4.69, 9.17) is 4.74 Å². The van der Waals surface area contributed by atoms with Gasteiger partial charge in [0, 0.05) is 18.3 Å². The molecule has 0 bridgehead atoms. The van der Waals surface area contributed by atoms with E-state index in [1.54, 1.807) is 6.07 Å². The van der Waals surface area contributed by atoms with Crippen molar-refractivity contribution in [3.05, 3.63) is 59.4 Å². The summed E-state index contributed by atoms with van der Waals surface area (Å²) in [6, 6.07) is 13.2. The molecule has 0 radical (unpaired) electrons. The first-order valence-corrected chi connectivity index (χ1v) is 6.41. The number of halogens is 1. The van der Waals surface area contributed by atoms with Crippen molar-refractivity contribution in [2.45, 2.75) is 20.4 Å². The molecular weight excluding hydrogens is 241 g/mol. The normalized spacial score (nSPS) is 10.3. The van der Waals surface area contributed by atoms with Gasteiger partial charge in [-0.3, -0.25) is 0 Å². The Morgan fingerprint density at radius 2 is 2.00 bits per heavy atom. The second kappa shape index (κ2) is 6.23. The van der Waals surface area contributed by atoms with E-state index >= 15 is 0 Å². The van der Waals surface area contributed by atoms with Crippen LogP contribution in [0, 0.1) is 12.7 Å². The second-order valence-electron chi connectivity index (χ2n) is 4.42. The molecule has 0 saturated carbocycles. The van der Waals surface area contributed by atoms with E-state index in [-0.39, 0.29) is 5.82 Å². The van der Waals surface area contributed by atoms with Crippen molar-refractivity contribution in [1.82, 2.24) is 0 Å². The average molecular weight is 259 g/mol. The van der Waals surface area contributed by atoms with Crippen LogP contribution in [0.1, 0.15) is 18.1 Å². The molecule has 3 heteroatoms. The first kappa shape index (κ1) is 13.4. The topological polar surface area (TPSA) is 21.3 Å². The number of rotatable bonds is 5. The molecular formula is C16H18FNO. The molecule has 0 aliphatic carbocycles. The van der Waals surface area contributed by atoms with Crippen LogP contribution in [0.15, 0.2) is 42.5 Å². The molecule has 100 valence electrons. The second-order valence-corrected chi connectivity index (χ2v) is 4.42. The zero-order valence-electron chi connectivity index (χ0n) is 11.2. The van der Waals surface area contributed by atoms with E-state index in [0.29, 0.717) is 18.9 Å². The number of anilines is 1. The first-order chi connectivity index (χ1) is 9.19. The molecule has 0 amide bonds. The third-order valence-electron chi connectivity index (χ3n) is 2.81. The Morgan fingerprint density at radius 1 is 1.16 bits per heavy atom. The Bertz CT molecular complexity index is 554. The highest BCUT2D eigenvalue weighted by atomic mass is 19.1. The van der Waals surface area contributed by atoms with Gasteiger partial charge in [0.15, 0.2) is 11.6 Å². The van der Waals surface area contributed by atoms with Crippen molar-refractivity contribution < 1.29 is 9.13 Å². The number of nitrogens with one attached hydrogen (secondary N) is 1. The van der Waals surface area contributed by atoms with Crippen molar-refractivity contribution in [2.75, 3.05) is 11.9 Å². The molecule has 0 heterocycles. The Kier molecular flexibility index (Phi) is 4.39. The van der Waals surface area contributed by atoms with E-state index in [9.17, 15) is 4.39 Å². The van der Waals surface area contributed by atoms with Crippen molar-refractivity contribution in [3.63, 3.8) is 0 Å². The lowest BCUT2D eigenvalue weighted by Gasteiger charge is -2.09. The van der Waals surface area contributed by atoms with Crippen LogP contribution in [0.2, 0.25) is 0 Å². The van der Waals surface area contributed by atoms with Gasteiger partial charge in [0.05, 0.1) is 6.61 Å². The number of ether oxygens (including phenoxy) is 1. The SMILES string of the molecule is CCOc1ccc(NCc2cccc(C)c2)cc1F. The van der Waals surface area contributed by atoms with E-state index < -0.39 is 0 Å². The molecule has 0 atom stereocenters. The summed E-state index contributed by atoms with van der Waals surface area (Å²) in [6.07, 6.45) is 0. The number of aryl methyl sites for hydroxylation is 1. The zero-order chi connectivity index (χ0) is 13.7. The Morgan fingerprint density at radius 3 is 2.68 bits per heavy atom. The molecule has 0 aliphatic heterocycles. The maximum atomic E-state index is 13.7. The molecule has 19 heavy (non-hydrogen) atoms. The number of benzene rings is 2. The summed E-state index contributed by atoms with van der Waals surface area (Å²) in [4.78, 5) is 0. The predicted molar refractivity (Wildman–Crippen MR) is 76.1 cm³/mol. The molecule has 0 aromatic heterocycles. The van der Waals surface area contributed by atoms with Crippen LogP contribution in [-0.4, -0.2) is 6.61 Å². The van der Waals surface area contributed by atoms with Gasteiger partial charge in [-0.25, -0.2) is 4.39 Å². The Balaban J connectivity index is 2.02. The van der Waals surface area contributed by atoms with Crippen molar-refractivity contribution >= 4 is 5.69 Å². The van der Waals surface area contributed by atoms with E-state index in [1.165, 1.54) is 17.2 Å². The summed E-state index contributed by atoms with van der Waals surface area (Å²) in [6.45, 7) is 5.03. The Hall–Kier alpha value is -2.03. The van der Waals surface area contributed by atoms with Crippen LogP contribution in [0.3, 0.4) is 0 Å². The fourth-order valence-electron chi connectivity index (χ4n) is 1.91. The molecule has 2 nitrogen and oxygen atoms in total. The Labute approximate surface area is 113 Å². The summed E-state index contributed by atoms with van der Waals surface area (Å²) in [5.41, 5.74) is 3.15. The average Bonchev–Trinajstić information content (AvgIpc) is 2.39. The van der Waals surface area contributed by atoms with Crippen molar-refractivity contribution in [1.29, 1.82) is 0 Å². The quantitative estimate of drug-likeness (QED) is 0.871. The molecule has 2 rings (SSSR count). The van der Waals surface area contributed by atoms with E-state index in [2.05, 4.69) is 24.4 Å². The summed E-state index contributed by atoms with van der Waals surface area (Å²) in [5, 5.41) is 3.20. The molecule has 0 fully saturated rings. The minimum Gasteiger partial charge on any atom is -0.491 e. The largest absolute Gasteiger partial charge is 0.491 e. The minimum absolute atomic E-state index is 0.295. The van der Waals surface area contributed by atoms with Crippen LogP contribution >= 0.6 is 0 Å². The monoisotopic (exact) mass is 259 g/mol. The molecule has 0 spiro atoms. The highest BCUT2D eigenvalue weighted by Crippen LogP contribution is 2.21. The van der Waals surface area contributed by atoms with E-state index in [1.807, 2.05) is 25.1 Å². The lowest BCUT2D eigenvalue weighted by atomic mass is 10.1. The highest BCUT2D eigenvalue weighted by Gasteiger charge is 2.04. The predicted octanol–water partition coefficient (Wildman–Crippen LogP) is 4.14. The molecule has 1 N–H and O–H groups in total. The first-order valence-electron chi connectivity index (χ1n) is 6.41. The van der Waals surface area contributed by atoms with Gasteiger partial charge in [-0.05, 0) is 31.5 Å². The molecule has 0 saturated heterocycles. The summed E-state index contributed by atoms with van der Waals surface area (Å²) in [7, 11) is 0. The summed E-state index contributed by atoms with van der Waals surface area (Å²) >= 11 is 0. The van der Waals surface area contributed by atoms with Crippen LogP contribution < -0.4 is 10.1 Å². The maximum absolute atomic E-state index is 13.7. The number of hydrogen-bond donors (Lipinski definition) is 1. The minimum atomic E-state index is -0.337. The van der Waals surface area contributed by atoms with E-state index in [0.717, 1.165) is 5.69 Å². The van der Waals surface area contributed by atoms with Crippen LogP contribution in [0.25, 0.3) is 0 Å². The smallest absolute Gasteiger partial charge is 0.167 e. The van der Waals surface area contributed by atoms with Gasteiger partial charge < -0.3 is 10.1 Å². The van der Waals surface area contributed by atoms with Crippen LogP contribution in [-0.2, 0) is 6.54 Å². The summed E-state index contributed by atoms with van der Waals surface area (Å²) < 4.78 is 18.8. The third-order valence-corrected chi connectivity index (χ3v) is 2.81. The standard InChI is InChI=1S/C16H18FNO/c1-3-19-16-8-7-14(10-15(16)17)18-11-13-6-4-5-12(2)9-13/h4-10,18H,3,11H2,1-2H3. The number of hydrogen-bond acceptors (Lipinski definition) is 2. The van der Waals surface area contributed by atoms with Gasteiger partial charge in [0.1, 0.15) is 0 Å². The summed E-state index contributed by atoms with van der Waals surface area (Å²) in [5.74, 6) is -0.0419. The van der Waals surface area contributed by atoms with Crippen molar-refractivity contribution in [2.24, 2.45) is 0 Å². The van der Waals surface area contributed by atoms with Gasteiger partial charge in [-0.1, -0.05) is 29.8 Å². The van der Waals surface area contributed by atoms with Gasteiger partial charge in [-0.15, -0.1) is 0 Å². The van der Waals surface area contributed by atoms with Gasteiger partial charge in [0.25, 0.3) is 0 Å². The van der Waals surface area contributed by atoms with Crippen LogP contribution in [0.4, 0.5) is 10.1 Å². The lowest BCUT2D eigenvalue weighted by Crippen LogP contribution is -2.01. The van der Waals surface area contributed by atoms with Crippen molar-refractivity contribution in [3.8, 4) is 5.75 Å². The molecule has 0 aliphatic rings. The zero-order valence-corrected chi connectivity index (χ0v) is 11.2. The van der Waals surface area contributed by atoms with Gasteiger partial charge in [0.2, 0.25) is 0 Å². The van der Waals surface area contributed by atoms with Gasteiger partial charge in [-0.2, -0.15) is 0 Å². The molecule has 2 aromatic carbocycles. The fourth-order valence-corrected chi connectivity index (χ4v) is 1.91. The molecule has 0 unspecified atom stereocenters.